The summed E-state index contributed by atoms with van der Waals surface area (Å²) in [5.41, 5.74) is 1.57. The van der Waals surface area contributed by atoms with Gasteiger partial charge in [0.05, 0.1) is 0 Å². The summed E-state index contributed by atoms with van der Waals surface area (Å²) < 4.78 is 24.8. The van der Waals surface area contributed by atoms with E-state index in [2.05, 4.69) is 10.6 Å². The Balaban J connectivity index is 1.68. The third-order valence-corrected chi connectivity index (χ3v) is 4.32. The van der Waals surface area contributed by atoms with E-state index in [1.165, 1.54) is 6.07 Å². The van der Waals surface area contributed by atoms with Crippen LogP contribution in [-0.4, -0.2) is 30.8 Å². The van der Waals surface area contributed by atoms with Crippen molar-refractivity contribution in [2.75, 3.05) is 23.3 Å². The Bertz CT molecular complexity index is 784. The van der Waals surface area contributed by atoms with Crippen LogP contribution < -0.4 is 15.5 Å². The number of anilines is 2. The molecule has 1 aliphatic heterocycles. The van der Waals surface area contributed by atoms with Crippen LogP contribution in [0.5, 0.6) is 0 Å². The number of amides is 3. The highest BCUT2D eigenvalue weighted by molar-refractivity contribution is 7.99. The second kappa shape index (κ2) is 7.52. The number of halogens is 2. The highest BCUT2D eigenvalue weighted by Crippen LogP contribution is 2.27. The Morgan fingerprint density at radius 3 is 2.60 bits per heavy atom. The number of benzene rings is 2. The number of nitrogens with zero attached hydrogens (tertiary/aromatic N) is 1. The lowest BCUT2D eigenvalue weighted by Gasteiger charge is -2.14. The van der Waals surface area contributed by atoms with Gasteiger partial charge in [-0.3, -0.25) is 9.69 Å². The van der Waals surface area contributed by atoms with E-state index < -0.39 is 5.76 Å². The second-order valence-corrected chi connectivity index (χ2v) is 6.35. The molecule has 2 aromatic rings. The van der Waals surface area contributed by atoms with Crippen LogP contribution in [-0.2, 0) is 0 Å². The normalized spacial score (nSPS) is 13.9. The summed E-state index contributed by atoms with van der Waals surface area (Å²) in [6, 6.07) is 12.8. The molecule has 1 heterocycles. The summed E-state index contributed by atoms with van der Waals surface area (Å²) in [5, 5.41) is 5.39. The monoisotopic (exact) mass is 363 g/mol. The number of carbonyl (C=O) groups excluding carboxylic acids is 2. The fourth-order valence-corrected chi connectivity index (χ4v) is 3.02. The number of alkyl halides is 2. The number of thioether (sulfide) groups is 1. The minimum atomic E-state index is -2.51. The van der Waals surface area contributed by atoms with E-state index in [0.29, 0.717) is 46.7 Å². The lowest BCUT2D eigenvalue weighted by Crippen LogP contribution is -2.27. The van der Waals surface area contributed by atoms with Crippen LogP contribution >= 0.6 is 11.8 Å². The molecule has 2 N–H and O–H groups in total. The molecule has 1 fully saturated rings. The van der Waals surface area contributed by atoms with Gasteiger partial charge in [-0.1, -0.05) is 17.8 Å². The molecule has 8 heteroatoms. The fourth-order valence-electron chi connectivity index (χ4n) is 2.46. The molecule has 0 aliphatic carbocycles. The third kappa shape index (κ3) is 4.27. The van der Waals surface area contributed by atoms with Gasteiger partial charge in [-0.25, -0.2) is 4.79 Å². The molecule has 0 aromatic heterocycles. The van der Waals surface area contributed by atoms with E-state index in [1.54, 1.807) is 47.4 Å². The van der Waals surface area contributed by atoms with Crippen molar-refractivity contribution in [3.8, 4) is 0 Å². The van der Waals surface area contributed by atoms with Gasteiger partial charge in [0.25, 0.3) is 11.7 Å². The molecule has 2 aromatic carbocycles. The number of urea groups is 1. The lowest BCUT2D eigenvalue weighted by molar-refractivity contribution is 0.102. The summed E-state index contributed by atoms with van der Waals surface area (Å²) in [5.74, 6) is -2.86. The SMILES string of the molecule is O=C(Nc1cccc(SC(F)F)c1)c1ccc(N2CCNC2=O)cc1. The van der Waals surface area contributed by atoms with Crippen molar-refractivity contribution in [1.82, 2.24) is 5.32 Å². The summed E-state index contributed by atoms with van der Waals surface area (Å²) in [7, 11) is 0. The van der Waals surface area contributed by atoms with Crippen molar-refractivity contribution in [3.05, 3.63) is 54.1 Å². The van der Waals surface area contributed by atoms with Gasteiger partial charge in [0.2, 0.25) is 0 Å². The lowest BCUT2D eigenvalue weighted by atomic mass is 10.1. The van der Waals surface area contributed by atoms with Gasteiger partial charge in [0, 0.05) is 34.9 Å². The number of rotatable bonds is 5. The van der Waals surface area contributed by atoms with Gasteiger partial charge in [0.15, 0.2) is 0 Å². The van der Waals surface area contributed by atoms with Crippen molar-refractivity contribution >= 4 is 35.1 Å². The van der Waals surface area contributed by atoms with Crippen molar-refractivity contribution in [2.45, 2.75) is 10.7 Å². The number of hydrogen-bond donors (Lipinski definition) is 2. The Hall–Kier alpha value is -2.61. The zero-order valence-corrected chi connectivity index (χ0v) is 13.9. The van der Waals surface area contributed by atoms with Crippen LogP contribution in [0.1, 0.15) is 10.4 Å². The summed E-state index contributed by atoms with van der Waals surface area (Å²) >= 11 is 0.424. The number of hydrogen-bond acceptors (Lipinski definition) is 3. The highest BCUT2D eigenvalue weighted by Gasteiger charge is 2.21. The average Bonchev–Trinajstić information content (AvgIpc) is 3.01. The van der Waals surface area contributed by atoms with E-state index >= 15 is 0 Å². The molecular formula is C17H15F2N3O2S. The minimum absolute atomic E-state index is 0.162. The maximum Gasteiger partial charge on any atom is 0.321 e. The average molecular weight is 363 g/mol. The van der Waals surface area contributed by atoms with Crippen molar-refractivity contribution in [2.24, 2.45) is 0 Å². The van der Waals surface area contributed by atoms with Gasteiger partial charge in [0.1, 0.15) is 0 Å². The van der Waals surface area contributed by atoms with Gasteiger partial charge in [-0.15, -0.1) is 0 Å². The number of nitrogens with one attached hydrogen (secondary N) is 2. The molecule has 0 atom stereocenters. The van der Waals surface area contributed by atoms with Crippen molar-refractivity contribution in [1.29, 1.82) is 0 Å². The first kappa shape index (κ1) is 17.2. The Morgan fingerprint density at radius 1 is 1.20 bits per heavy atom. The van der Waals surface area contributed by atoms with Gasteiger partial charge in [-0.05, 0) is 42.5 Å². The molecule has 5 nitrogen and oxygen atoms in total. The first-order chi connectivity index (χ1) is 12.0. The van der Waals surface area contributed by atoms with Crippen LogP contribution in [0.15, 0.2) is 53.4 Å². The van der Waals surface area contributed by atoms with Gasteiger partial charge in [-0.2, -0.15) is 8.78 Å². The van der Waals surface area contributed by atoms with Crippen LogP contribution in [0, 0.1) is 0 Å². The van der Waals surface area contributed by atoms with E-state index in [0.717, 1.165) is 0 Å². The van der Waals surface area contributed by atoms with E-state index in [4.69, 9.17) is 0 Å². The number of carbonyl (C=O) groups is 2. The van der Waals surface area contributed by atoms with Crippen molar-refractivity contribution < 1.29 is 18.4 Å². The molecule has 0 saturated carbocycles. The quantitative estimate of drug-likeness (QED) is 0.795. The molecule has 0 unspecified atom stereocenters. The molecule has 1 saturated heterocycles. The van der Waals surface area contributed by atoms with Crippen LogP contribution in [0.2, 0.25) is 0 Å². The largest absolute Gasteiger partial charge is 0.336 e. The predicted molar refractivity (Wildman–Crippen MR) is 93.4 cm³/mol. The molecule has 1 aliphatic rings. The zero-order chi connectivity index (χ0) is 17.8. The fraction of sp³-hybridized carbons (Fsp3) is 0.176. The van der Waals surface area contributed by atoms with Crippen molar-refractivity contribution in [3.63, 3.8) is 0 Å². The first-order valence-corrected chi connectivity index (χ1v) is 8.42. The van der Waals surface area contributed by atoms with Gasteiger partial charge < -0.3 is 10.6 Å². The third-order valence-electron chi connectivity index (χ3n) is 3.62. The highest BCUT2D eigenvalue weighted by atomic mass is 32.2. The Morgan fingerprint density at radius 2 is 1.96 bits per heavy atom. The smallest absolute Gasteiger partial charge is 0.321 e. The molecule has 3 rings (SSSR count). The first-order valence-electron chi connectivity index (χ1n) is 7.54. The molecule has 3 amide bonds. The van der Waals surface area contributed by atoms with E-state index in [-0.39, 0.29) is 11.9 Å². The van der Waals surface area contributed by atoms with E-state index in [9.17, 15) is 18.4 Å². The zero-order valence-electron chi connectivity index (χ0n) is 13.0. The van der Waals surface area contributed by atoms with Crippen LogP contribution in [0.3, 0.4) is 0 Å². The maximum atomic E-state index is 12.4. The second-order valence-electron chi connectivity index (χ2n) is 5.29. The summed E-state index contributed by atoms with van der Waals surface area (Å²) in [6.07, 6.45) is 0. The standard InChI is InChI=1S/C17H15F2N3O2S/c18-16(19)25-14-3-1-2-12(10-14)21-15(23)11-4-6-13(7-5-11)22-9-8-20-17(22)24/h1-7,10,16H,8-9H2,(H,20,24)(H,21,23). The Kier molecular flexibility index (Phi) is 5.18. The molecule has 0 radical (unpaired) electrons. The topological polar surface area (TPSA) is 61.4 Å². The maximum absolute atomic E-state index is 12.4. The molecular weight excluding hydrogens is 348 g/mol. The predicted octanol–water partition coefficient (Wildman–Crippen LogP) is 3.78. The molecule has 0 bridgehead atoms. The minimum Gasteiger partial charge on any atom is -0.336 e. The van der Waals surface area contributed by atoms with Crippen LogP contribution in [0.4, 0.5) is 25.0 Å². The summed E-state index contributed by atoms with van der Waals surface area (Å²) in [6.45, 7) is 1.17. The van der Waals surface area contributed by atoms with E-state index in [1.807, 2.05) is 0 Å². The Labute approximate surface area is 147 Å². The van der Waals surface area contributed by atoms with Gasteiger partial charge >= 0.3 is 6.03 Å². The molecule has 0 spiro atoms. The molecule has 25 heavy (non-hydrogen) atoms. The van der Waals surface area contributed by atoms with Crippen LogP contribution in [0.25, 0.3) is 0 Å². The molecule has 130 valence electrons. The summed E-state index contributed by atoms with van der Waals surface area (Å²) in [4.78, 5) is 25.9.